The summed E-state index contributed by atoms with van der Waals surface area (Å²) >= 11 is 13.2. The molecule has 13 nitrogen and oxygen atoms in total. The third kappa shape index (κ3) is 6.21. The van der Waals surface area contributed by atoms with Crippen molar-refractivity contribution in [2.45, 2.75) is 13.5 Å². The van der Waals surface area contributed by atoms with Crippen LogP contribution in [-0.4, -0.2) is 61.0 Å². The SMILES string of the molecule is CCOC(=O)CN1C(=O)SC(=Cc2ccc(Oc3nc4c(c(=O)n(C)c(=O)n4C)n3Cc3ccc(Cl)cc3Cl)c(OC)c2)C1=O. The minimum Gasteiger partial charge on any atom is -0.493 e. The molecule has 5 rings (SSSR count). The fourth-order valence-corrected chi connectivity index (χ4v) is 5.86. The number of methoxy groups -OCH3 is 1. The number of thioether (sulfide) groups is 1. The van der Waals surface area contributed by atoms with Crippen molar-refractivity contribution in [2.24, 2.45) is 14.1 Å². The van der Waals surface area contributed by atoms with Crippen molar-refractivity contribution < 1.29 is 28.6 Å². The first-order valence-corrected chi connectivity index (χ1v) is 14.9. The van der Waals surface area contributed by atoms with E-state index in [-0.39, 0.29) is 46.7 Å². The second kappa shape index (κ2) is 12.8. The molecule has 0 bridgehead atoms. The first-order chi connectivity index (χ1) is 21.4. The maximum Gasteiger partial charge on any atom is 0.332 e. The zero-order valence-electron chi connectivity index (χ0n) is 24.3. The van der Waals surface area contributed by atoms with Gasteiger partial charge in [-0.15, -0.1) is 0 Å². The molecule has 0 unspecified atom stereocenters. The molecule has 1 fully saturated rings. The average molecular weight is 675 g/mol. The number of halogens is 2. The summed E-state index contributed by atoms with van der Waals surface area (Å²) < 4.78 is 20.3. The molecule has 2 aromatic carbocycles. The minimum absolute atomic E-state index is 0.0274. The van der Waals surface area contributed by atoms with Gasteiger partial charge in [0.05, 0.1) is 25.2 Å². The molecule has 0 spiro atoms. The van der Waals surface area contributed by atoms with Gasteiger partial charge in [-0.25, -0.2) is 4.79 Å². The van der Waals surface area contributed by atoms with E-state index in [1.807, 2.05) is 0 Å². The van der Waals surface area contributed by atoms with E-state index in [0.29, 0.717) is 32.9 Å². The molecule has 2 aromatic heterocycles. The molecular weight excluding hydrogens is 649 g/mol. The van der Waals surface area contributed by atoms with Crippen LogP contribution in [0.2, 0.25) is 10.0 Å². The summed E-state index contributed by atoms with van der Waals surface area (Å²) in [5.41, 5.74) is 0.160. The number of hydrogen-bond acceptors (Lipinski definition) is 10. The number of nitrogens with zero attached hydrogens (tertiary/aromatic N) is 5. The highest BCUT2D eigenvalue weighted by molar-refractivity contribution is 8.18. The van der Waals surface area contributed by atoms with Crippen molar-refractivity contribution in [2.75, 3.05) is 20.3 Å². The Bertz CT molecular complexity index is 2030. The van der Waals surface area contributed by atoms with Gasteiger partial charge in [0.1, 0.15) is 6.54 Å². The number of amides is 2. The van der Waals surface area contributed by atoms with Crippen molar-refractivity contribution in [1.82, 2.24) is 23.6 Å². The number of imidazole rings is 1. The van der Waals surface area contributed by atoms with Crippen molar-refractivity contribution >= 4 is 69.3 Å². The molecule has 16 heteroatoms. The van der Waals surface area contributed by atoms with E-state index < -0.39 is 34.9 Å². The maximum absolute atomic E-state index is 13.3. The van der Waals surface area contributed by atoms with Crippen LogP contribution in [0.3, 0.4) is 0 Å². The number of ether oxygens (including phenoxy) is 3. The summed E-state index contributed by atoms with van der Waals surface area (Å²) in [6, 6.07) is 9.66. The number of carbonyl (C=O) groups is 3. The monoisotopic (exact) mass is 673 g/mol. The van der Waals surface area contributed by atoms with E-state index >= 15 is 0 Å². The Kier molecular flexibility index (Phi) is 9.09. The Morgan fingerprint density at radius 1 is 1.02 bits per heavy atom. The van der Waals surface area contributed by atoms with Gasteiger partial charge in [0.2, 0.25) is 0 Å². The van der Waals surface area contributed by atoms with E-state index in [9.17, 15) is 24.0 Å². The molecule has 0 N–H and O–H groups in total. The Labute approximate surface area is 269 Å². The van der Waals surface area contributed by atoms with E-state index in [0.717, 1.165) is 9.47 Å². The lowest BCUT2D eigenvalue weighted by Crippen LogP contribution is -2.37. The highest BCUT2D eigenvalue weighted by Crippen LogP contribution is 2.37. The van der Waals surface area contributed by atoms with Crippen molar-refractivity contribution in [3.05, 3.63) is 83.3 Å². The second-order valence-electron chi connectivity index (χ2n) is 9.68. The zero-order chi connectivity index (χ0) is 32.6. The van der Waals surface area contributed by atoms with Gasteiger partial charge in [-0.3, -0.25) is 37.8 Å². The lowest BCUT2D eigenvalue weighted by molar-refractivity contribution is -0.145. The van der Waals surface area contributed by atoms with Crippen LogP contribution in [0.4, 0.5) is 4.79 Å². The molecule has 45 heavy (non-hydrogen) atoms. The van der Waals surface area contributed by atoms with Crippen LogP contribution in [-0.2, 0) is 35.0 Å². The number of fused-ring (bicyclic) bond motifs is 1. The fraction of sp³-hybridized carbons (Fsp3) is 0.241. The van der Waals surface area contributed by atoms with Gasteiger partial charge < -0.3 is 14.2 Å². The summed E-state index contributed by atoms with van der Waals surface area (Å²) in [7, 11) is 4.27. The van der Waals surface area contributed by atoms with Crippen LogP contribution in [0, 0.1) is 0 Å². The third-order valence-electron chi connectivity index (χ3n) is 6.81. The maximum atomic E-state index is 13.3. The van der Waals surface area contributed by atoms with Gasteiger partial charge in [-0.2, -0.15) is 4.98 Å². The van der Waals surface area contributed by atoms with Crippen LogP contribution >= 0.6 is 35.0 Å². The van der Waals surface area contributed by atoms with Crippen LogP contribution in [0.5, 0.6) is 17.5 Å². The summed E-state index contributed by atoms with van der Waals surface area (Å²) in [4.78, 5) is 68.4. The lowest BCUT2D eigenvalue weighted by Gasteiger charge is -2.13. The van der Waals surface area contributed by atoms with E-state index in [1.165, 1.54) is 36.4 Å². The molecular formula is C29H25Cl2N5O8S. The van der Waals surface area contributed by atoms with Crippen LogP contribution < -0.4 is 20.7 Å². The molecule has 1 saturated heterocycles. The van der Waals surface area contributed by atoms with E-state index in [1.54, 1.807) is 43.3 Å². The Morgan fingerprint density at radius 2 is 1.78 bits per heavy atom. The number of aromatic nitrogens is 4. The molecule has 2 amide bonds. The summed E-state index contributed by atoms with van der Waals surface area (Å²) in [5, 5.41) is 0.194. The normalized spacial score (nSPS) is 14.1. The van der Waals surface area contributed by atoms with Gasteiger partial charge in [0, 0.05) is 24.1 Å². The summed E-state index contributed by atoms with van der Waals surface area (Å²) in [6.45, 7) is 1.32. The summed E-state index contributed by atoms with van der Waals surface area (Å²) in [6.07, 6.45) is 1.49. The fourth-order valence-electron chi connectivity index (χ4n) is 4.55. The predicted octanol–water partition coefficient (Wildman–Crippen LogP) is 4.19. The Morgan fingerprint density at radius 3 is 2.47 bits per heavy atom. The smallest absolute Gasteiger partial charge is 0.332 e. The molecule has 234 valence electrons. The van der Waals surface area contributed by atoms with Gasteiger partial charge in [-0.1, -0.05) is 35.3 Å². The van der Waals surface area contributed by atoms with Gasteiger partial charge in [-0.05, 0) is 60.2 Å². The molecule has 0 aliphatic carbocycles. The van der Waals surface area contributed by atoms with Crippen LogP contribution in [0.25, 0.3) is 17.2 Å². The van der Waals surface area contributed by atoms with Crippen LogP contribution in [0.1, 0.15) is 18.1 Å². The molecule has 3 heterocycles. The molecule has 0 radical (unpaired) electrons. The number of aryl methyl sites for hydroxylation is 1. The number of imide groups is 1. The van der Waals surface area contributed by atoms with Crippen molar-refractivity contribution in [1.29, 1.82) is 0 Å². The largest absolute Gasteiger partial charge is 0.493 e. The highest BCUT2D eigenvalue weighted by Gasteiger charge is 2.36. The van der Waals surface area contributed by atoms with E-state index in [2.05, 4.69) is 4.98 Å². The number of esters is 1. The highest BCUT2D eigenvalue weighted by atomic mass is 35.5. The topological polar surface area (TPSA) is 144 Å². The zero-order valence-corrected chi connectivity index (χ0v) is 26.7. The molecule has 0 atom stereocenters. The van der Waals surface area contributed by atoms with E-state index in [4.69, 9.17) is 37.4 Å². The molecule has 1 aliphatic heterocycles. The number of benzene rings is 2. The minimum atomic E-state index is -0.688. The van der Waals surface area contributed by atoms with Gasteiger partial charge >= 0.3 is 17.7 Å². The molecule has 4 aromatic rings. The predicted molar refractivity (Wildman–Crippen MR) is 168 cm³/mol. The summed E-state index contributed by atoms with van der Waals surface area (Å²) in [5.74, 6) is -0.879. The number of rotatable bonds is 9. The third-order valence-corrected chi connectivity index (χ3v) is 8.30. The Hall–Kier alpha value is -4.53. The average Bonchev–Trinajstić information content (AvgIpc) is 3.48. The van der Waals surface area contributed by atoms with Crippen molar-refractivity contribution in [3.63, 3.8) is 0 Å². The van der Waals surface area contributed by atoms with Gasteiger partial charge in [0.15, 0.2) is 22.7 Å². The number of hydrogen-bond donors (Lipinski definition) is 0. The quantitative estimate of drug-likeness (QED) is 0.187. The van der Waals surface area contributed by atoms with Crippen LogP contribution in [0.15, 0.2) is 50.9 Å². The van der Waals surface area contributed by atoms with Gasteiger partial charge in [0.25, 0.3) is 16.7 Å². The lowest BCUT2D eigenvalue weighted by atomic mass is 10.2. The number of carbonyl (C=O) groups excluding carboxylic acids is 3. The standard InChI is InChI=1S/C29H25Cl2N5O8S/c1-5-43-22(37)14-36-25(38)21(45-29(36)41)11-15-6-9-19(20(10-15)42-4)44-27-32-24-23(26(39)34(3)28(40)33(24)2)35(27)13-16-7-8-17(30)12-18(16)31/h6-12H,5,13-14H2,1-4H3. The molecule has 1 aliphatic rings. The molecule has 0 saturated carbocycles. The Balaban J connectivity index is 1.52. The van der Waals surface area contributed by atoms with Crippen molar-refractivity contribution in [3.8, 4) is 17.5 Å². The second-order valence-corrected chi connectivity index (χ2v) is 11.5. The first-order valence-electron chi connectivity index (χ1n) is 13.3. The first kappa shape index (κ1) is 31.9.